The van der Waals surface area contributed by atoms with Gasteiger partial charge in [0.25, 0.3) is 0 Å². The lowest BCUT2D eigenvalue weighted by molar-refractivity contribution is -0.142. The van der Waals surface area contributed by atoms with E-state index in [-0.39, 0.29) is 43.3 Å². The molecule has 3 atom stereocenters. The molecule has 2 saturated heterocycles. The van der Waals surface area contributed by atoms with Crippen molar-refractivity contribution in [3.05, 3.63) is 65.5 Å². The van der Waals surface area contributed by atoms with Crippen molar-refractivity contribution in [1.82, 2.24) is 9.80 Å². The van der Waals surface area contributed by atoms with Gasteiger partial charge in [-0.25, -0.2) is 9.18 Å². The molecule has 0 saturated carbocycles. The minimum absolute atomic E-state index is 0. The normalized spacial score (nSPS) is 22.9. The standard InChI is InChI=1S/C23H27FN2O3.2ClH/c1-25-12-18-13-26(14-21(18)23(25)17-4-3-5-19(24)10-17)11-16-6-8-20(9-7-16)29-15-22(27)28-2;;/h3-10,18,21,23H,11-15H2,1-2H3;2*1H/t18-,21+,23-;;/m0../s1. The number of ether oxygens (including phenoxy) is 2. The number of methoxy groups -OCH3 is 1. The molecule has 0 amide bonds. The lowest BCUT2D eigenvalue weighted by atomic mass is 9.89. The summed E-state index contributed by atoms with van der Waals surface area (Å²) in [4.78, 5) is 16.0. The molecule has 2 heterocycles. The third-order valence-electron chi connectivity index (χ3n) is 6.07. The number of hydrogen-bond donors (Lipinski definition) is 0. The highest BCUT2D eigenvalue weighted by molar-refractivity contribution is 5.85. The number of fused-ring (bicyclic) bond motifs is 1. The Morgan fingerprint density at radius 3 is 2.52 bits per heavy atom. The fraction of sp³-hybridized carbons (Fsp3) is 0.435. The zero-order chi connectivity index (χ0) is 20.4. The summed E-state index contributed by atoms with van der Waals surface area (Å²) >= 11 is 0. The van der Waals surface area contributed by atoms with Crippen molar-refractivity contribution in [2.75, 3.05) is 40.4 Å². The maximum Gasteiger partial charge on any atom is 0.343 e. The lowest BCUT2D eigenvalue weighted by Crippen LogP contribution is -2.29. The molecule has 0 unspecified atom stereocenters. The summed E-state index contributed by atoms with van der Waals surface area (Å²) in [5, 5.41) is 0. The topological polar surface area (TPSA) is 42.0 Å². The Kier molecular flexibility index (Phi) is 9.13. The first-order chi connectivity index (χ1) is 14.0. The predicted octanol–water partition coefficient (Wildman–Crippen LogP) is 3.96. The summed E-state index contributed by atoms with van der Waals surface area (Å²) in [6.07, 6.45) is 0. The molecular formula is C23H29Cl2FN2O3. The van der Waals surface area contributed by atoms with Crippen LogP contribution in [0.2, 0.25) is 0 Å². The summed E-state index contributed by atoms with van der Waals surface area (Å²) in [5.41, 5.74) is 2.29. The summed E-state index contributed by atoms with van der Waals surface area (Å²) < 4.78 is 23.7. The molecular weight excluding hydrogens is 442 g/mol. The van der Waals surface area contributed by atoms with Gasteiger partial charge in [0.15, 0.2) is 6.61 Å². The molecule has 0 bridgehead atoms. The number of halogens is 3. The van der Waals surface area contributed by atoms with Crippen molar-refractivity contribution >= 4 is 30.8 Å². The summed E-state index contributed by atoms with van der Waals surface area (Å²) in [6, 6.07) is 15.2. The molecule has 4 rings (SSSR count). The molecule has 0 radical (unpaired) electrons. The number of hydrogen-bond acceptors (Lipinski definition) is 5. The molecule has 2 aliphatic heterocycles. The minimum atomic E-state index is -0.393. The van der Waals surface area contributed by atoms with E-state index in [2.05, 4.69) is 21.6 Å². The average Bonchev–Trinajstić information content (AvgIpc) is 3.22. The highest BCUT2D eigenvalue weighted by Gasteiger charge is 2.45. The number of benzene rings is 2. The fourth-order valence-corrected chi connectivity index (χ4v) is 4.82. The van der Waals surface area contributed by atoms with Crippen LogP contribution in [-0.2, 0) is 16.1 Å². The molecule has 0 aromatic heterocycles. The van der Waals surface area contributed by atoms with Crippen molar-refractivity contribution in [2.24, 2.45) is 11.8 Å². The van der Waals surface area contributed by atoms with Gasteiger partial charge in [-0.1, -0.05) is 24.3 Å². The van der Waals surface area contributed by atoms with Gasteiger partial charge in [0.1, 0.15) is 11.6 Å². The van der Waals surface area contributed by atoms with E-state index < -0.39 is 5.97 Å². The van der Waals surface area contributed by atoms with E-state index in [1.165, 1.54) is 18.7 Å². The van der Waals surface area contributed by atoms with Gasteiger partial charge < -0.3 is 9.47 Å². The Hall–Kier alpha value is -1.86. The lowest BCUT2D eigenvalue weighted by Gasteiger charge is -2.27. The Balaban J connectivity index is 0.00000171. The maximum atomic E-state index is 13.7. The van der Waals surface area contributed by atoms with Crippen LogP contribution in [0.1, 0.15) is 17.2 Å². The summed E-state index contributed by atoms with van der Waals surface area (Å²) in [5.74, 6) is 1.23. The van der Waals surface area contributed by atoms with Gasteiger partial charge in [0.05, 0.1) is 7.11 Å². The first kappa shape index (κ1) is 25.4. The van der Waals surface area contributed by atoms with E-state index >= 15 is 0 Å². The highest BCUT2D eigenvalue weighted by Crippen LogP contribution is 2.44. The van der Waals surface area contributed by atoms with Crippen molar-refractivity contribution < 1.29 is 18.7 Å². The van der Waals surface area contributed by atoms with Crippen LogP contribution in [-0.4, -0.2) is 56.2 Å². The molecule has 2 aromatic carbocycles. The highest BCUT2D eigenvalue weighted by atomic mass is 35.5. The third kappa shape index (κ3) is 5.89. The van der Waals surface area contributed by atoms with E-state index in [0.29, 0.717) is 17.6 Å². The van der Waals surface area contributed by atoms with Crippen LogP contribution >= 0.6 is 24.8 Å². The Labute approximate surface area is 195 Å². The van der Waals surface area contributed by atoms with Crippen molar-refractivity contribution in [3.8, 4) is 5.75 Å². The molecule has 8 heteroatoms. The van der Waals surface area contributed by atoms with Gasteiger partial charge in [-0.15, -0.1) is 24.8 Å². The third-order valence-corrected chi connectivity index (χ3v) is 6.07. The first-order valence-corrected chi connectivity index (χ1v) is 10.00. The van der Waals surface area contributed by atoms with E-state index in [0.717, 1.165) is 31.7 Å². The van der Waals surface area contributed by atoms with Crippen molar-refractivity contribution in [1.29, 1.82) is 0 Å². The van der Waals surface area contributed by atoms with Crippen LogP contribution in [0.4, 0.5) is 4.39 Å². The van der Waals surface area contributed by atoms with Gasteiger partial charge in [-0.05, 0) is 54.3 Å². The Morgan fingerprint density at radius 1 is 1.10 bits per heavy atom. The van der Waals surface area contributed by atoms with Gasteiger partial charge in [-0.2, -0.15) is 0 Å². The molecule has 5 nitrogen and oxygen atoms in total. The number of nitrogens with zero attached hydrogens (tertiary/aromatic N) is 2. The zero-order valence-electron chi connectivity index (χ0n) is 17.7. The SMILES string of the molecule is COC(=O)COc1ccc(CN2C[C@@H]3CN(C)[C@@H](c4cccc(F)c4)[C@@H]3C2)cc1.Cl.Cl. The predicted molar refractivity (Wildman–Crippen MR) is 122 cm³/mol. The second kappa shape index (κ2) is 11.1. The number of rotatable bonds is 6. The van der Waals surface area contributed by atoms with E-state index in [4.69, 9.17) is 4.74 Å². The number of carbonyl (C=O) groups excluding carboxylic acids is 1. The van der Waals surface area contributed by atoms with Crippen LogP contribution in [0.5, 0.6) is 5.75 Å². The monoisotopic (exact) mass is 470 g/mol. The minimum Gasteiger partial charge on any atom is -0.482 e. The smallest absolute Gasteiger partial charge is 0.343 e. The second-order valence-electron chi connectivity index (χ2n) is 8.07. The van der Waals surface area contributed by atoms with E-state index in [1.807, 2.05) is 36.4 Å². The number of esters is 1. The van der Waals surface area contributed by atoms with Gasteiger partial charge in [0.2, 0.25) is 0 Å². The molecule has 31 heavy (non-hydrogen) atoms. The average molecular weight is 471 g/mol. The van der Waals surface area contributed by atoms with Crippen LogP contribution in [0.15, 0.2) is 48.5 Å². The summed E-state index contributed by atoms with van der Waals surface area (Å²) in [7, 11) is 3.49. The maximum absolute atomic E-state index is 13.7. The van der Waals surface area contributed by atoms with E-state index in [9.17, 15) is 9.18 Å². The zero-order valence-corrected chi connectivity index (χ0v) is 19.3. The molecule has 0 N–H and O–H groups in total. The van der Waals surface area contributed by atoms with Gasteiger partial charge >= 0.3 is 5.97 Å². The van der Waals surface area contributed by atoms with Gasteiger partial charge in [-0.3, -0.25) is 9.80 Å². The quantitative estimate of drug-likeness (QED) is 0.597. The molecule has 2 fully saturated rings. The Bertz CT molecular complexity index is 868. The van der Waals surface area contributed by atoms with E-state index in [1.54, 1.807) is 6.07 Å². The molecule has 0 aliphatic carbocycles. The summed E-state index contributed by atoms with van der Waals surface area (Å²) in [6.45, 7) is 3.91. The number of carbonyl (C=O) groups is 1. The Morgan fingerprint density at radius 2 is 1.84 bits per heavy atom. The van der Waals surface area contributed by atoms with Gasteiger partial charge in [0, 0.05) is 32.2 Å². The second-order valence-corrected chi connectivity index (χ2v) is 8.07. The van der Waals surface area contributed by atoms with Crippen LogP contribution in [0.25, 0.3) is 0 Å². The largest absolute Gasteiger partial charge is 0.482 e. The molecule has 0 spiro atoms. The van der Waals surface area contributed by atoms with Crippen molar-refractivity contribution in [2.45, 2.75) is 12.6 Å². The van der Waals surface area contributed by atoms with Crippen LogP contribution in [0.3, 0.4) is 0 Å². The van der Waals surface area contributed by atoms with Crippen LogP contribution < -0.4 is 4.74 Å². The first-order valence-electron chi connectivity index (χ1n) is 10.00. The van der Waals surface area contributed by atoms with Crippen LogP contribution in [0, 0.1) is 17.7 Å². The van der Waals surface area contributed by atoms with Crippen molar-refractivity contribution in [3.63, 3.8) is 0 Å². The fourth-order valence-electron chi connectivity index (χ4n) is 4.82. The molecule has 2 aliphatic rings. The number of likely N-dealkylation sites (tertiary alicyclic amines) is 2. The molecule has 2 aromatic rings. The molecule has 170 valence electrons.